The van der Waals surface area contributed by atoms with Crippen molar-refractivity contribution in [2.24, 2.45) is 0 Å². The van der Waals surface area contributed by atoms with Crippen molar-refractivity contribution < 1.29 is 18.0 Å². The molecule has 5 rings (SSSR count). The Morgan fingerprint density at radius 1 is 0.971 bits per heavy atom. The molecule has 6 nitrogen and oxygen atoms in total. The van der Waals surface area contributed by atoms with Gasteiger partial charge in [-0.05, 0) is 36.4 Å². The number of para-hydroxylation sites is 4. The quantitative estimate of drug-likeness (QED) is 0.314. The van der Waals surface area contributed by atoms with E-state index in [4.69, 9.17) is 11.6 Å². The van der Waals surface area contributed by atoms with Crippen LogP contribution in [-0.2, 0) is 6.18 Å². The standard InChI is InChI=1S/C24H15ClF3N5O/c25-16-8-2-6-12-20(16)33-21(24(26,27)28)15(13-29-33)23(34)32-17-9-3-1-7-14(17)22-30-18-10-4-5-11-19(18)31-22/h1-13H,(H,30,31)(H,32,34). The van der Waals surface area contributed by atoms with Gasteiger partial charge >= 0.3 is 6.18 Å². The molecule has 0 unspecified atom stereocenters. The van der Waals surface area contributed by atoms with E-state index in [1.165, 1.54) is 18.2 Å². The van der Waals surface area contributed by atoms with Crippen molar-refractivity contribution in [2.75, 3.05) is 5.32 Å². The number of hydrogen-bond donors (Lipinski definition) is 2. The molecule has 0 saturated carbocycles. The van der Waals surface area contributed by atoms with Gasteiger partial charge < -0.3 is 10.3 Å². The molecule has 2 aromatic heterocycles. The van der Waals surface area contributed by atoms with Crippen molar-refractivity contribution in [3.8, 4) is 17.1 Å². The topological polar surface area (TPSA) is 75.6 Å². The molecule has 1 amide bonds. The van der Waals surface area contributed by atoms with Crippen molar-refractivity contribution in [3.05, 3.63) is 95.3 Å². The number of nitrogens with one attached hydrogen (secondary N) is 2. The van der Waals surface area contributed by atoms with Gasteiger partial charge in [-0.25, -0.2) is 9.67 Å². The van der Waals surface area contributed by atoms with E-state index in [0.29, 0.717) is 21.8 Å². The van der Waals surface area contributed by atoms with Gasteiger partial charge in [0.2, 0.25) is 0 Å². The number of fused-ring (bicyclic) bond motifs is 1. The fraction of sp³-hybridized carbons (Fsp3) is 0.0417. The van der Waals surface area contributed by atoms with Crippen LogP contribution in [0.3, 0.4) is 0 Å². The molecule has 0 radical (unpaired) electrons. The summed E-state index contributed by atoms with van der Waals surface area (Å²) in [6, 6.07) is 20.1. The SMILES string of the molecule is O=C(Nc1ccccc1-c1nc2ccccc2[nH]1)c1cnn(-c2ccccc2Cl)c1C(F)(F)F. The number of H-pyrrole nitrogens is 1. The Kier molecular flexibility index (Phi) is 5.33. The molecule has 2 N–H and O–H groups in total. The third kappa shape index (κ3) is 3.90. The Hall–Kier alpha value is -4.11. The van der Waals surface area contributed by atoms with Gasteiger partial charge in [0, 0.05) is 5.56 Å². The zero-order chi connectivity index (χ0) is 23.9. The average Bonchev–Trinajstić information content (AvgIpc) is 3.44. The highest BCUT2D eigenvalue weighted by atomic mass is 35.5. The lowest BCUT2D eigenvalue weighted by molar-refractivity contribution is -0.143. The van der Waals surface area contributed by atoms with Crippen LogP contribution in [0.4, 0.5) is 18.9 Å². The Balaban J connectivity index is 1.55. The number of nitrogens with zero attached hydrogens (tertiary/aromatic N) is 3. The maximum atomic E-state index is 14.0. The Morgan fingerprint density at radius 3 is 2.44 bits per heavy atom. The van der Waals surface area contributed by atoms with E-state index in [0.717, 1.165) is 17.2 Å². The largest absolute Gasteiger partial charge is 0.434 e. The summed E-state index contributed by atoms with van der Waals surface area (Å²) in [6.45, 7) is 0. The number of amides is 1. The number of aromatic nitrogens is 4. The van der Waals surface area contributed by atoms with E-state index in [9.17, 15) is 18.0 Å². The van der Waals surface area contributed by atoms with E-state index < -0.39 is 23.3 Å². The summed E-state index contributed by atoms with van der Waals surface area (Å²) in [4.78, 5) is 20.7. The van der Waals surface area contributed by atoms with Gasteiger partial charge in [0.25, 0.3) is 5.91 Å². The zero-order valence-corrected chi connectivity index (χ0v) is 18.0. The first-order chi connectivity index (χ1) is 16.3. The molecule has 0 aliphatic carbocycles. The number of aromatic amines is 1. The third-order valence-corrected chi connectivity index (χ3v) is 5.50. The molecule has 0 saturated heterocycles. The van der Waals surface area contributed by atoms with Gasteiger partial charge in [-0.1, -0.05) is 48.0 Å². The smallest absolute Gasteiger partial charge is 0.338 e. The Morgan fingerprint density at radius 2 is 1.68 bits per heavy atom. The van der Waals surface area contributed by atoms with E-state index >= 15 is 0 Å². The van der Waals surface area contributed by atoms with Crippen molar-refractivity contribution in [1.82, 2.24) is 19.7 Å². The molecular formula is C24H15ClF3N5O. The fourth-order valence-electron chi connectivity index (χ4n) is 3.66. The van der Waals surface area contributed by atoms with Crippen LogP contribution in [0.25, 0.3) is 28.1 Å². The number of imidazole rings is 1. The fourth-order valence-corrected chi connectivity index (χ4v) is 3.88. The van der Waals surface area contributed by atoms with Gasteiger partial charge in [-0.15, -0.1) is 0 Å². The van der Waals surface area contributed by atoms with E-state index in [2.05, 4.69) is 20.4 Å². The van der Waals surface area contributed by atoms with Crippen LogP contribution in [0.5, 0.6) is 0 Å². The van der Waals surface area contributed by atoms with Crippen LogP contribution in [-0.4, -0.2) is 25.7 Å². The maximum Gasteiger partial charge on any atom is 0.434 e. The molecule has 0 aliphatic heterocycles. The molecule has 5 aromatic rings. The summed E-state index contributed by atoms with van der Waals surface area (Å²) in [7, 11) is 0. The first-order valence-electron chi connectivity index (χ1n) is 10.1. The van der Waals surface area contributed by atoms with Crippen molar-refractivity contribution in [3.63, 3.8) is 0 Å². The van der Waals surface area contributed by atoms with Crippen LogP contribution < -0.4 is 5.32 Å². The second-order valence-corrected chi connectivity index (χ2v) is 7.78. The summed E-state index contributed by atoms with van der Waals surface area (Å²) in [6.07, 6.45) is -3.98. The lowest BCUT2D eigenvalue weighted by Gasteiger charge is -2.14. The molecule has 0 fully saturated rings. The van der Waals surface area contributed by atoms with Crippen molar-refractivity contribution in [2.45, 2.75) is 6.18 Å². The first-order valence-corrected chi connectivity index (χ1v) is 10.5. The first kappa shape index (κ1) is 21.7. The van der Waals surface area contributed by atoms with Gasteiger partial charge in [0.05, 0.1) is 39.2 Å². The predicted molar refractivity (Wildman–Crippen MR) is 123 cm³/mol. The van der Waals surface area contributed by atoms with Crippen LogP contribution in [0.1, 0.15) is 16.1 Å². The highest BCUT2D eigenvalue weighted by Crippen LogP contribution is 2.36. The lowest BCUT2D eigenvalue weighted by Crippen LogP contribution is -2.21. The molecule has 10 heteroatoms. The average molecular weight is 482 g/mol. The number of benzene rings is 3. The normalized spacial score (nSPS) is 11.6. The number of rotatable bonds is 4. The highest BCUT2D eigenvalue weighted by molar-refractivity contribution is 6.32. The number of anilines is 1. The van der Waals surface area contributed by atoms with E-state index in [1.54, 1.807) is 30.3 Å². The summed E-state index contributed by atoms with van der Waals surface area (Å²) in [5.41, 5.74) is 0.492. The highest BCUT2D eigenvalue weighted by Gasteiger charge is 2.41. The number of alkyl halides is 3. The van der Waals surface area contributed by atoms with Gasteiger partial charge in [0.15, 0.2) is 5.69 Å². The summed E-state index contributed by atoms with van der Waals surface area (Å²) < 4.78 is 42.7. The van der Waals surface area contributed by atoms with Crippen LogP contribution >= 0.6 is 11.6 Å². The minimum absolute atomic E-state index is 0.0122. The molecule has 34 heavy (non-hydrogen) atoms. The number of hydrogen-bond acceptors (Lipinski definition) is 3. The lowest BCUT2D eigenvalue weighted by atomic mass is 10.1. The molecule has 0 atom stereocenters. The monoisotopic (exact) mass is 481 g/mol. The van der Waals surface area contributed by atoms with Crippen LogP contribution in [0.15, 0.2) is 79.0 Å². The summed E-state index contributed by atoms with van der Waals surface area (Å²) in [5.74, 6) is -0.492. The summed E-state index contributed by atoms with van der Waals surface area (Å²) >= 11 is 6.08. The maximum absolute atomic E-state index is 14.0. The van der Waals surface area contributed by atoms with Crippen molar-refractivity contribution >= 4 is 34.2 Å². The number of carbonyl (C=O) groups is 1. The van der Waals surface area contributed by atoms with Gasteiger partial charge in [-0.2, -0.15) is 18.3 Å². The zero-order valence-electron chi connectivity index (χ0n) is 17.3. The van der Waals surface area contributed by atoms with E-state index in [-0.39, 0.29) is 10.7 Å². The molecule has 3 aromatic carbocycles. The molecule has 2 heterocycles. The van der Waals surface area contributed by atoms with Gasteiger partial charge in [-0.3, -0.25) is 4.79 Å². The second-order valence-electron chi connectivity index (χ2n) is 7.37. The van der Waals surface area contributed by atoms with Gasteiger partial charge in [0.1, 0.15) is 5.82 Å². The number of carbonyl (C=O) groups excluding carboxylic acids is 1. The Labute approximate surface area is 196 Å². The van der Waals surface area contributed by atoms with E-state index in [1.807, 2.05) is 24.3 Å². The second kappa shape index (κ2) is 8.35. The Bertz CT molecular complexity index is 1490. The van der Waals surface area contributed by atoms with Crippen LogP contribution in [0, 0.1) is 0 Å². The molecular weight excluding hydrogens is 467 g/mol. The predicted octanol–water partition coefficient (Wildman–Crippen LogP) is 6.34. The minimum atomic E-state index is -4.86. The van der Waals surface area contributed by atoms with Crippen LogP contribution in [0.2, 0.25) is 5.02 Å². The molecule has 170 valence electrons. The molecule has 0 bridgehead atoms. The molecule has 0 spiro atoms. The molecule has 0 aliphatic rings. The third-order valence-electron chi connectivity index (χ3n) is 5.18. The summed E-state index contributed by atoms with van der Waals surface area (Å²) in [5, 5.41) is 6.46. The minimum Gasteiger partial charge on any atom is -0.338 e. The van der Waals surface area contributed by atoms with Crippen molar-refractivity contribution in [1.29, 1.82) is 0 Å². The number of halogens is 4.